The Balaban J connectivity index is 2.43. The van der Waals surface area contributed by atoms with Gasteiger partial charge in [-0.2, -0.15) is 0 Å². The van der Waals surface area contributed by atoms with Gasteiger partial charge in [-0.15, -0.1) is 0 Å². The second-order valence-electron chi connectivity index (χ2n) is 4.31. The molecule has 1 N–H and O–H groups in total. The van der Waals surface area contributed by atoms with Crippen molar-refractivity contribution in [3.63, 3.8) is 0 Å². The van der Waals surface area contributed by atoms with Crippen LogP contribution in [0.15, 0.2) is 24.3 Å². The van der Waals surface area contributed by atoms with Crippen molar-refractivity contribution in [1.29, 1.82) is 0 Å². The van der Waals surface area contributed by atoms with E-state index >= 15 is 0 Å². The third kappa shape index (κ3) is 6.04. The number of carbonyl (C=O) groups excluding carboxylic acids is 2. The Morgan fingerprint density at radius 2 is 2.10 bits per heavy atom. The van der Waals surface area contributed by atoms with Crippen molar-refractivity contribution >= 4 is 29.1 Å². The molecule has 0 bridgehead atoms. The molecule has 0 spiro atoms. The quantitative estimate of drug-likeness (QED) is 0.839. The topological polar surface area (TPSA) is 58.6 Å². The highest BCUT2D eigenvalue weighted by Crippen LogP contribution is 2.14. The summed E-state index contributed by atoms with van der Waals surface area (Å²) in [5, 5.41) is 3.30. The zero-order valence-electron chi connectivity index (χ0n) is 11.7. The number of nitrogens with one attached hydrogen (secondary N) is 1. The Hall–Kier alpha value is -1.59. The van der Waals surface area contributed by atoms with E-state index in [2.05, 4.69) is 5.32 Å². The van der Waals surface area contributed by atoms with Crippen molar-refractivity contribution in [1.82, 2.24) is 4.90 Å². The fourth-order valence-electron chi connectivity index (χ4n) is 1.65. The van der Waals surface area contributed by atoms with E-state index in [4.69, 9.17) is 16.3 Å². The van der Waals surface area contributed by atoms with Gasteiger partial charge in [0.1, 0.15) is 0 Å². The first-order chi connectivity index (χ1) is 9.52. The van der Waals surface area contributed by atoms with E-state index in [1.54, 1.807) is 36.3 Å². The maximum absolute atomic E-state index is 11.8. The van der Waals surface area contributed by atoms with Crippen LogP contribution in [0.2, 0.25) is 5.02 Å². The summed E-state index contributed by atoms with van der Waals surface area (Å²) in [5.41, 5.74) is 0.647. The van der Waals surface area contributed by atoms with E-state index in [1.165, 1.54) is 6.92 Å². The lowest BCUT2D eigenvalue weighted by Gasteiger charge is -2.20. The van der Waals surface area contributed by atoms with Crippen LogP contribution in [0.1, 0.15) is 13.3 Å². The lowest BCUT2D eigenvalue weighted by atomic mass is 10.3. The van der Waals surface area contributed by atoms with Crippen LogP contribution in [0.5, 0.6) is 0 Å². The van der Waals surface area contributed by atoms with E-state index in [1.807, 2.05) is 0 Å². The van der Waals surface area contributed by atoms with Crippen LogP contribution < -0.4 is 5.32 Å². The van der Waals surface area contributed by atoms with Gasteiger partial charge < -0.3 is 15.0 Å². The Morgan fingerprint density at radius 3 is 2.70 bits per heavy atom. The number of hydrogen-bond acceptors (Lipinski definition) is 3. The molecule has 5 nitrogen and oxygen atoms in total. The van der Waals surface area contributed by atoms with Crippen LogP contribution in [0.4, 0.5) is 5.69 Å². The molecule has 1 aromatic carbocycles. The Morgan fingerprint density at radius 1 is 1.35 bits per heavy atom. The fourth-order valence-corrected chi connectivity index (χ4v) is 1.84. The van der Waals surface area contributed by atoms with Gasteiger partial charge in [0.25, 0.3) is 0 Å². The van der Waals surface area contributed by atoms with Crippen LogP contribution >= 0.6 is 11.6 Å². The van der Waals surface area contributed by atoms with Gasteiger partial charge in [0.05, 0.1) is 6.61 Å². The maximum atomic E-state index is 11.8. The summed E-state index contributed by atoms with van der Waals surface area (Å²) >= 11 is 5.84. The number of carbonyl (C=O) groups is 2. The van der Waals surface area contributed by atoms with Gasteiger partial charge in [-0.25, -0.2) is 0 Å². The number of nitrogens with zero attached hydrogens (tertiary/aromatic N) is 1. The van der Waals surface area contributed by atoms with Crippen molar-refractivity contribution in [2.24, 2.45) is 0 Å². The highest BCUT2D eigenvalue weighted by atomic mass is 35.5. The van der Waals surface area contributed by atoms with Crippen LogP contribution in [-0.2, 0) is 14.3 Å². The molecule has 0 saturated heterocycles. The minimum atomic E-state index is -0.157. The molecule has 1 aromatic rings. The molecular formula is C14H19ClN2O3. The van der Waals surface area contributed by atoms with Crippen LogP contribution in [0.3, 0.4) is 0 Å². The van der Waals surface area contributed by atoms with Crippen LogP contribution in [-0.4, -0.2) is 43.5 Å². The normalized spacial score (nSPS) is 10.2. The van der Waals surface area contributed by atoms with Gasteiger partial charge in [0.15, 0.2) is 0 Å². The minimum absolute atomic E-state index is 0.0717. The Kier molecular flexibility index (Phi) is 7.04. The fraction of sp³-hybridized carbons (Fsp3) is 0.429. The third-order valence-electron chi connectivity index (χ3n) is 2.73. The first kappa shape index (κ1) is 16.5. The number of rotatable bonds is 7. The number of benzene rings is 1. The van der Waals surface area contributed by atoms with Gasteiger partial charge in [-0.1, -0.05) is 17.7 Å². The second-order valence-corrected chi connectivity index (χ2v) is 4.74. The molecule has 0 aliphatic rings. The maximum Gasteiger partial charge on any atom is 0.226 e. The monoisotopic (exact) mass is 298 g/mol. The van der Waals surface area contributed by atoms with Gasteiger partial charge in [-0.05, 0) is 18.2 Å². The Labute approximate surface area is 123 Å². The first-order valence-electron chi connectivity index (χ1n) is 6.33. The summed E-state index contributed by atoms with van der Waals surface area (Å²) in [6.07, 6.45) is 0.232. The summed E-state index contributed by atoms with van der Waals surface area (Å²) in [7, 11) is 1.57. The van der Waals surface area contributed by atoms with Gasteiger partial charge in [0, 0.05) is 44.3 Å². The number of hydrogen-bond donors (Lipinski definition) is 1. The number of amides is 2. The highest BCUT2D eigenvalue weighted by Gasteiger charge is 2.11. The predicted octanol–water partition coefficient (Wildman–Crippen LogP) is 2.16. The molecule has 0 fully saturated rings. The van der Waals surface area contributed by atoms with Crippen molar-refractivity contribution in [3.05, 3.63) is 29.3 Å². The molecule has 0 aliphatic carbocycles. The van der Waals surface area contributed by atoms with Crippen LogP contribution in [0.25, 0.3) is 0 Å². The highest BCUT2D eigenvalue weighted by molar-refractivity contribution is 6.30. The van der Waals surface area contributed by atoms with Gasteiger partial charge >= 0.3 is 0 Å². The molecular weight excluding hydrogens is 280 g/mol. The first-order valence-corrected chi connectivity index (χ1v) is 6.70. The molecule has 1 rings (SSSR count). The van der Waals surface area contributed by atoms with Crippen LogP contribution in [0, 0.1) is 0 Å². The smallest absolute Gasteiger partial charge is 0.226 e. The lowest BCUT2D eigenvalue weighted by Crippen LogP contribution is -2.34. The molecule has 0 atom stereocenters. The lowest BCUT2D eigenvalue weighted by molar-refractivity contribution is -0.130. The number of anilines is 1. The van der Waals surface area contributed by atoms with Crippen molar-refractivity contribution in [2.75, 3.05) is 32.1 Å². The molecule has 0 radical (unpaired) electrons. The standard InChI is InChI=1S/C14H19ClN2O3/c1-11(18)17(8-9-20-2)7-6-14(19)16-13-5-3-4-12(15)10-13/h3-5,10H,6-9H2,1-2H3,(H,16,19). The summed E-state index contributed by atoms with van der Waals surface area (Å²) in [4.78, 5) is 24.8. The van der Waals surface area contributed by atoms with E-state index in [-0.39, 0.29) is 18.2 Å². The zero-order valence-corrected chi connectivity index (χ0v) is 12.4. The van der Waals surface area contributed by atoms with E-state index in [0.29, 0.717) is 30.4 Å². The summed E-state index contributed by atoms with van der Waals surface area (Å²) in [5.74, 6) is -0.228. The average Bonchev–Trinajstić information content (AvgIpc) is 2.38. The number of halogens is 1. The largest absolute Gasteiger partial charge is 0.383 e. The molecule has 6 heteroatoms. The number of methoxy groups -OCH3 is 1. The molecule has 0 aliphatic heterocycles. The SMILES string of the molecule is COCCN(CCC(=O)Nc1cccc(Cl)c1)C(C)=O. The molecule has 110 valence electrons. The van der Waals surface area contributed by atoms with E-state index < -0.39 is 0 Å². The molecule has 0 aromatic heterocycles. The summed E-state index contributed by atoms with van der Waals surface area (Å²) in [6.45, 7) is 2.78. The molecule has 0 heterocycles. The second kappa shape index (κ2) is 8.55. The van der Waals surface area contributed by atoms with Crippen molar-refractivity contribution in [2.45, 2.75) is 13.3 Å². The van der Waals surface area contributed by atoms with E-state index in [0.717, 1.165) is 0 Å². The molecule has 2 amide bonds. The summed E-state index contributed by atoms with van der Waals surface area (Å²) < 4.78 is 4.93. The summed E-state index contributed by atoms with van der Waals surface area (Å²) in [6, 6.07) is 6.93. The van der Waals surface area contributed by atoms with Gasteiger partial charge in [0.2, 0.25) is 11.8 Å². The molecule has 0 unspecified atom stereocenters. The Bertz CT molecular complexity index is 465. The predicted molar refractivity (Wildman–Crippen MR) is 78.8 cm³/mol. The van der Waals surface area contributed by atoms with Crippen molar-refractivity contribution < 1.29 is 14.3 Å². The molecule has 20 heavy (non-hydrogen) atoms. The molecule has 0 saturated carbocycles. The van der Waals surface area contributed by atoms with Gasteiger partial charge in [-0.3, -0.25) is 9.59 Å². The third-order valence-corrected chi connectivity index (χ3v) is 2.96. The zero-order chi connectivity index (χ0) is 15.0. The van der Waals surface area contributed by atoms with Crippen molar-refractivity contribution in [3.8, 4) is 0 Å². The number of ether oxygens (including phenoxy) is 1. The minimum Gasteiger partial charge on any atom is -0.383 e. The van der Waals surface area contributed by atoms with E-state index in [9.17, 15) is 9.59 Å². The average molecular weight is 299 g/mol.